The van der Waals surface area contributed by atoms with Crippen LogP contribution < -0.4 is 0 Å². The first-order valence-corrected chi connectivity index (χ1v) is 12.7. The van der Waals surface area contributed by atoms with Gasteiger partial charge in [-0.2, -0.15) is 0 Å². The first kappa shape index (κ1) is 20.4. The van der Waals surface area contributed by atoms with E-state index in [-0.39, 0.29) is 0 Å². The molecule has 7 aromatic rings. The Hall–Kier alpha value is -3.94. The van der Waals surface area contributed by atoms with Crippen LogP contribution in [-0.2, 0) is 0 Å². The van der Waals surface area contributed by atoms with E-state index in [1.807, 2.05) is 0 Å². The minimum atomic E-state index is 1.12. The molecule has 0 saturated carbocycles. The van der Waals surface area contributed by atoms with Crippen molar-refractivity contribution in [2.75, 3.05) is 0 Å². The molecule has 0 fully saturated rings. The van der Waals surface area contributed by atoms with Gasteiger partial charge in [0.05, 0.1) is 0 Å². The lowest BCUT2D eigenvalue weighted by Gasteiger charge is -2.15. The second-order valence-electron chi connectivity index (χ2n) is 9.19. The average molecular weight is 509 g/mol. The van der Waals surface area contributed by atoms with Gasteiger partial charge in [0, 0.05) is 4.47 Å². The Balaban J connectivity index is 1.49. The third-order valence-corrected chi connectivity index (χ3v) is 7.44. The summed E-state index contributed by atoms with van der Waals surface area (Å²) in [6.07, 6.45) is 0. The molecule has 0 amide bonds. The molecule has 0 aliphatic rings. The molecule has 7 rings (SSSR count). The van der Waals surface area contributed by atoms with E-state index in [9.17, 15) is 0 Å². The van der Waals surface area contributed by atoms with E-state index in [1.54, 1.807) is 0 Å². The Morgan fingerprint density at radius 1 is 0.314 bits per heavy atom. The molecule has 35 heavy (non-hydrogen) atoms. The average Bonchev–Trinajstić information content (AvgIpc) is 2.92. The first-order chi connectivity index (χ1) is 17.2. The van der Waals surface area contributed by atoms with Crippen LogP contribution in [0.1, 0.15) is 0 Å². The van der Waals surface area contributed by atoms with Gasteiger partial charge in [-0.25, -0.2) is 0 Å². The van der Waals surface area contributed by atoms with E-state index >= 15 is 0 Å². The summed E-state index contributed by atoms with van der Waals surface area (Å²) in [5.74, 6) is 0. The van der Waals surface area contributed by atoms with Crippen molar-refractivity contribution in [1.82, 2.24) is 0 Å². The highest BCUT2D eigenvalue weighted by Crippen LogP contribution is 2.40. The van der Waals surface area contributed by atoms with Crippen molar-refractivity contribution in [2.24, 2.45) is 0 Å². The van der Waals surface area contributed by atoms with Gasteiger partial charge < -0.3 is 0 Å². The van der Waals surface area contributed by atoms with Crippen molar-refractivity contribution < 1.29 is 0 Å². The lowest BCUT2D eigenvalue weighted by molar-refractivity contribution is 1.57. The number of halogens is 1. The molecular formula is C34H21Br. The summed E-state index contributed by atoms with van der Waals surface area (Å²) in [6, 6.07) is 46.4. The third-order valence-electron chi connectivity index (χ3n) is 6.98. The second kappa shape index (κ2) is 8.08. The zero-order chi connectivity index (χ0) is 23.4. The normalized spacial score (nSPS) is 11.6. The highest BCUT2D eigenvalue weighted by atomic mass is 79.9. The molecule has 0 aliphatic carbocycles. The van der Waals surface area contributed by atoms with Gasteiger partial charge in [0.15, 0.2) is 0 Å². The SMILES string of the molecule is Brc1cc2ccc3cc(-c4cc(-c5ccccc5)cc(-c5ccccc5)c4)cc4ccc(c1)c2c34. The third kappa shape index (κ3) is 3.51. The minimum absolute atomic E-state index is 1.12. The Labute approximate surface area is 212 Å². The van der Waals surface area contributed by atoms with Gasteiger partial charge in [0.1, 0.15) is 0 Å². The fourth-order valence-electron chi connectivity index (χ4n) is 5.36. The molecule has 0 bridgehead atoms. The Morgan fingerprint density at radius 2 is 0.657 bits per heavy atom. The van der Waals surface area contributed by atoms with Gasteiger partial charge in [-0.1, -0.05) is 101 Å². The molecule has 164 valence electrons. The van der Waals surface area contributed by atoms with E-state index in [0.29, 0.717) is 0 Å². The van der Waals surface area contributed by atoms with Crippen LogP contribution in [0.5, 0.6) is 0 Å². The Bertz CT molecular complexity index is 1710. The van der Waals surface area contributed by atoms with E-state index < -0.39 is 0 Å². The van der Waals surface area contributed by atoms with E-state index in [1.165, 1.54) is 65.7 Å². The summed E-state index contributed by atoms with van der Waals surface area (Å²) in [7, 11) is 0. The van der Waals surface area contributed by atoms with E-state index in [4.69, 9.17) is 0 Å². The van der Waals surface area contributed by atoms with Gasteiger partial charge in [-0.05, 0) is 108 Å². The lowest BCUT2D eigenvalue weighted by Crippen LogP contribution is -1.88. The predicted molar refractivity (Wildman–Crippen MR) is 154 cm³/mol. The molecule has 0 atom stereocenters. The quantitative estimate of drug-likeness (QED) is 0.208. The van der Waals surface area contributed by atoms with Crippen LogP contribution in [0.15, 0.2) is 132 Å². The summed E-state index contributed by atoms with van der Waals surface area (Å²) >= 11 is 3.67. The summed E-state index contributed by atoms with van der Waals surface area (Å²) in [5, 5.41) is 7.81. The smallest absolute Gasteiger partial charge is 0.0187 e. The topological polar surface area (TPSA) is 0 Å². The number of hydrogen-bond donors (Lipinski definition) is 0. The van der Waals surface area contributed by atoms with E-state index in [0.717, 1.165) is 4.47 Å². The molecule has 0 unspecified atom stereocenters. The maximum atomic E-state index is 3.67. The molecule has 0 heterocycles. The fourth-order valence-corrected chi connectivity index (χ4v) is 5.85. The van der Waals surface area contributed by atoms with E-state index in [2.05, 4.69) is 143 Å². The van der Waals surface area contributed by atoms with Gasteiger partial charge in [0.25, 0.3) is 0 Å². The lowest BCUT2D eigenvalue weighted by atomic mass is 9.89. The molecule has 0 radical (unpaired) electrons. The van der Waals surface area contributed by atoms with Crippen LogP contribution >= 0.6 is 15.9 Å². The highest BCUT2D eigenvalue weighted by molar-refractivity contribution is 9.10. The largest absolute Gasteiger partial charge is 0.0622 e. The number of rotatable bonds is 3. The van der Waals surface area contributed by atoms with Crippen LogP contribution in [0.4, 0.5) is 0 Å². The Kier molecular flexibility index (Phi) is 4.72. The van der Waals surface area contributed by atoms with Crippen LogP contribution in [0.3, 0.4) is 0 Å². The van der Waals surface area contributed by atoms with Crippen LogP contribution in [0, 0.1) is 0 Å². The maximum Gasteiger partial charge on any atom is 0.0187 e. The molecule has 0 saturated heterocycles. The molecule has 0 aromatic heterocycles. The van der Waals surface area contributed by atoms with Gasteiger partial charge in [-0.15, -0.1) is 0 Å². The molecular weight excluding hydrogens is 488 g/mol. The first-order valence-electron chi connectivity index (χ1n) is 11.9. The number of hydrogen-bond acceptors (Lipinski definition) is 0. The standard InChI is InChI=1S/C34H21Br/c35-32-20-26-13-11-24-15-30(16-25-12-14-27(21-32)34(26)33(24)25)31-18-28(22-7-3-1-4-8-22)17-29(19-31)23-9-5-2-6-10-23/h1-21H. The molecule has 0 spiro atoms. The molecule has 1 heteroatoms. The summed E-state index contributed by atoms with van der Waals surface area (Å²) < 4.78 is 1.12. The zero-order valence-corrected chi connectivity index (χ0v) is 20.6. The second-order valence-corrected chi connectivity index (χ2v) is 10.1. The predicted octanol–water partition coefficient (Wildman–Crippen LogP) is 10.3. The van der Waals surface area contributed by atoms with Crippen molar-refractivity contribution >= 4 is 48.2 Å². The minimum Gasteiger partial charge on any atom is -0.0622 e. The number of benzene rings is 7. The summed E-state index contributed by atoms with van der Waals surface area (Å²) in [6.45, 7) is 0. The summed E-state index contributed by atoms with van der Waals surface area (Å²) in [5.41, 5.74) is 7.41. The van der Waals surface area contributed by atoms with Gasteiger partial charge in [-0.3, -0.25) is 0 Å². The maximum absolute atomic E-state index is 3.67. The molecule has 7 aromatic carbocycles. The summed E-state index contributed by atoms with van der Waals surface area (Å²) in [4.78, 5) is 0. The van der Waals surface area contributed by atoms with Crippen molar-refractivity contribution in [3.8, 4) is 33.4 Å². The molecule has 0 nitrogen and oxygen atoms in total. The highest BCUT2D eigenvalue weighted by Gasteiger charge is 2.13. The van der Waals surface area contributed by atoms with Gasteiger partial charge in [0.2, 0.25) is 0 Å². The molecule has 0 N–H and O–H groups in total. The van der Waals surface area contributed by atoms with Gasteiger partial charge >= 0.3 is 0 Å². The van der Waals surface area contributed by atoms with Crippen LogP contribution in [0.25, 0.3) is 65.7 Å². The zero-order valence-electron chi connectivity index (χ0n) is 19.0. The Morgan fingerprint density at radius 3 is 1.09 bits per heavy atom. The van der Waals surface area contributed by atoms with Crippen molar-refractivity contribution in [2.45, 2.75) is 0 Å². The monoisotopic (exact) mass is 508 g/mol. The van der Waals surface area contributed by atoms with Crippen LogP contribution in [0.2, 0.25) is 0 Å². The van der Waals surface area contributed by atoms with Crippen LogP contribution in [-0.4, -0.2) is 0 Å². The van der Waals surface area contributed by atoms with Crippen molar-refractivity contribution in [1.29, 1.82) is 0 Å². The molecule has 0 aliphatic heterocycles. The van der Waals surface area contributed by atoms with Crippen molar-refractivity contribution in [3.05, 3.63) is 132 Å². The fraction of sp³-hybridized carbons (Fsp3) is 0. The van der Waals surface area contributed by atoms with Crippen molar-refractivity contribution in [3.63, 3.8) is 0 Å².